The van der Waals surface area contributed by atoms with Crippen LogP contribution in [0.3, 0.4) is 0 Å². The molecule has 0 saturated heterocycles. The molecule has 110 valence electrons. The first-order valence-electron chi connectivity index (χ1n) is 6.31. The van der Waals surface area contributed by atoms with Crippen molar-refractivity contribution in [3.05, 3.63) is 30.2 Å². The van der Waals surface area contributed by atoms with E-state index in [1.165, 1.54) is 12.4 Å². The molecule has 0 aliphatic heterocycles. The summed E-state index contributed by atoms with van der Waals surface area (Å²) in [5.74, 6) is 0.696. The zero-order valence-electron chi connectivity index (χ0n) is 11.1. The molecular formula is C12H16F3N5. The Hall–Kier alpha value is -1.99. The lowest BCUT2D eigenvalue weighted by atomic mass is 10.3. The monoisotopic (exact) mass is 287 g/mol. The largest absolute Gasteiger partial charge is 0.408 e. The van der Waals surface area contributed by atoms with Crippen LogP contribution >= 0.6 is 0 Å². The first-order chi connectivity index (χ1) is 9.46. The highest BCUT2D eigenvalue weighted by Crippen LogP contribution is 2.17. The molecule has 2 aromatic rings. The summed E-state index contributed by atoms with van der Waals surface area (Å²) in [6.07, 6.45) is 1.39. The van der Waals surface area contributed by atoms with E-state index in [4.69, 9.17) is 0 Å². The quantitative estimate of drug-likeness (QED) is 0.888. The summed E-state index contributed by atoms with van der Waals surface area (Å²) in [6, 6.07) is 1.83. The van der Waals surface area contributed by atoms with Crippen LogP contribution in [0.1, 0.15) is 18.9 Å². The van der Waals surface area contributed by atoms with Crippen molar-refractivity contribution in [3.8, 4) is 0 Å². The molecule has 0 unspecified atom stereocenters. The van der Waals surface area contributed by atoms with E-state index in [0.717, 1.165) is 17.6 Å². The number of anilines is 1. The van der Waals surface area contributed by atoms with Crippen molar-refractivity contribution in [3.63, 3.8) is 0 Å². The molecule has 2 rings (SSSR count). The van der Waals surface area contributed by atoms with Gasteiger partial charge in [-0.3, -0.25) is 9.36 Å². The van der Waals surface area contributed by atoms with E-state index in [1.54, 1.807) is 0 Å². The Morgan fingerprint density at radius 2 is 2.10 bits per heavy atom. The highest BCUT2D eigenvalue weighted by Gasteiger charge is 2.28. The zero-order chi connectivity index (χ0) is 14.6. The SMILES string of the molecule is CCCn1ccc(NCc2cnn(CC(F)(F)F)c2)n1. The van der Waals surface area contributed by atoms with Crippen molar-refractivity contribution >= 4 is 5.82 Å². The van der Waals surface area contributed by atoms with Crippen molar-refractivity contribution < 1.29 is 13.2 Å². The summed E-state index contributed by atoms with van der Waals surface area (Å²) in [7, 11) is 0. The van der Waals surface area contributed by atoms with Crippen LogP contribution in [0.2, 0.25) is 0 Å². The van der Waals surface area contributed by atoms with Crippen molar-refractivity contribution in [1.29, 1.82) is 0 Å². The Morgan fingerprint density at radius 3 is 2.80 bits per heavy atom. The van der Waals surface area contributed by atoms with Crippen LogP contribution < -0.4 is 5.32 Å². The molecule has 0 saturated carbocycles. The van der Waals surface area contributed by atoms with Gasteiger partial charge in [0, 0.05) is 37.1 Å². The molecule has 2 aromatic heterocycles. The highest BCUT2D eigenvalue weighted by atomic mass is 19.4. The normalized spacial score (nSPS) is 11.8. The first-order valence-corrected chi connectivity index (χ1v) is 6.31. The standard InChI is InChI=1S/C12H16F3N5/c1-2-4-19-5-3-11(18-19)16-6-10-7-17-20(8-10)9-12(13,14)15/h3,5,7-8H,2,4,6,9H2,1H3,(H,16,18). The van der Waals surface area contributed by atoms with Gasteiger partial charge in [-0.05, 0) is 6.42 Å². The number of aryl methyl sites for hydroxylation is 1. The van der Waals surface area contributed by atoms with Gasteiger partial charge >= 0.3 is 6.18 Å². The van der Waals surface area contributed by atoms with E-state index in [9.17, 15) is 13.2 Å². The van der Waals surface area contributed by atoms with Crippen LogP contribution in [-0.2, 0) is 19.6 Å². The fourth-order valence-corrected chi connectivity index (χ4v) is 1.77. The molecule has 0 spiro atoms. The Balaban J connectivity index is 1.87. The van der Waals surface area contributed by atoms with Gasteiger partial charge in [-0.25, -0.2) is 0 Å². The van der Waals surface area contributed by atoms with E-state index in [-0.39, 0.29) is 0 Å². The number of nitrogens with one attached hydrogen (secondary N) is 1. The molecule has 5 nitrogen and oxygen atoms in total. The summed E-state index contributed by atoms with van der Waals surface area (Å²) in [5.41, 5.74) is 0.680. The maximum Gasteiger partial charge on any atom is 0.408 e. The predicted octanol–water partition coefficient (Wildman–Crippen LogP) is 2.66. The minimum absolute atomic E-state index is 0.390. The van der Waals surface area contributed by atoms with Gasteiger partial charge in [0.25, 0.3) is 0 Å². The highest BCUT2D eigenvalue weighted by molar-refractivity contribution is 5.33. The summed E-state index contributed by atoms with van der Waals surface area (Å²) in [5, 5.41) is 11.0. The van der Waals surface area contributed by atoms with E-state index >= 15 is 0 Å². The van der Waals surface area contributed by atoms with E-state index in [2.05, 4.69) is 22.4 Å². The predicted molar refractivity (Wildman–Crippen MR) is 68.1 cm³/mol. The third-order valence-corrected chi connectivity index (χ3v) is 2.59. The second-order valence-electron chi connectivity index (χ2n) is 4.48. The number of hydrogen-bond donors (Lipinski definition) is 1. The fourth-order valence-electron chi connectivity index (χ4n) is 1.77. The molecule has 0 amide bonds. The molecule has 20 heavy (non-hydrogen) atoms. The maximum atomic E-state index is 12.2. The maximum absolute atomic E-state index is 12.2. The van der Waals surface area contributed by atoms with Gasteiger partial charge in [0.15, 0.2) is 0 Å². The van der Waals surface area contributed by atoms with E-state index < -0.39 is 12.7 Å². The number of halogens is 3. The van der Waals surface area contributed by atoms with Gasteiger partial charge in [0.1, 0.15) is 12.4 Å². The minimum Gasteiger partial charge on any atom is -0.364 e. The molecule has 0 fully saturated rings. The van der Waals surface area contributed by atoms with E-state index in [1.807, 2.05) is 16.9 Å². The molecule has 0 aliphatic carbocycles. The Labute approximate surface area is 114 Å². The second-order valence-corrected chi connectivity index (χ2v) is 4.48. The summed E-state index contributed by atoms with van der Waals surface area (Å²) in [4.78, 5) is 0. The molecule has 0 bridgehead atoms. The third-order valence-electron chi connectivity index (χ3n) is 2.59. The lowest BCUT2D eigenvalue weighted by molar-refractivity contribution is -0.142. The molecule has 1 N–H and O–H groups in total. The molecule has 0 aliphatic rings. The Morgan fingerprint density at radius 1 is 1.30 bits per heavy atom. The van der Waals surface area contributed by atoms with Crippen LogP contribution in [0.15, 0.2) is 24.7 Å². The number of aromatic nitrogens is 4. The van der Waals surface area contributed by atoms with Gasteiger partial charge in [-0.15, -0.1) is 0 Å². The molecule has 0 atom stereocenters. The average molecular weight is 287 g/mol. The van der Waals surface area contributed by atoms with Crippen LogP contribution in [-0.4, -0.2) is 25.7 Å². The molecule has 8 heteroatoms. The smallest absolute Gasteiger partial charge is 0.364 e. The lowest BCUT2D eigenvalue weighted by Crippen LogP contribution is -2.17. The summed E-state index contributed by atoms with van der Waals surface area (Å²) < 4.78 is 39.3. The fraction of sp³-hybridized carbons (Fsp3) is 0.500. The van der Waals surface area contributed by atoms with Crippen LogP contribution in [0.25, 0.3) is 0 Å². The Bertz CT molecular complexity index is 543. The Kier molecular flexibility index (Phi) is 4.31. The van der Waals surface area contributed by atoms with Crippen molar-refractivity contribution in [2.45, 2.75) is 39.2 Å². The van der Waals surface area contributed by atoms with Crippen molar-refractivity contribution in [1.82, 2.24) is 19.6 Å². The van der Waals surface area contributed by atoms with Gasteiger partial charge < -0.3 is 5.32 Å². The van der Waals surface area contributed by atoms with Crippen LogP contribution in [0.5, 0.6) is 0 Å². The number of alkyl halides is 3. The molecular weight excluding hydrogens is 271 g/mol. The van der Waals surface area contributed by atoms with Crippen molar-refractivity contribution in [2.75, 3.05) is 5.32 Å². The average Bonchev–Trinajstić information content (AvgIpc) is 2.94. The summed E-state index contributed by atoms with van der Waals surface area (Å²) >= 11 is 0. The van der Waals surface area contributed by atoms with Gasteiger partial charge in [0.2, 0.25) is 0 Å². The van der Waals surface area contributed by atoms with Gasteiger partial charge in [-0.1, -0.05) is 6.92 Å². The second kappa shape index (κ2) is 5.98. The summed E-state index contributed by atoms with van der Waals surface area (Å²) in [6.45, 7) is 2.22. The van der Waals surface area contributed by atoms with E-state index in [0.29, 0.717) is 17.9 Å². The first kappa shape index (κ1) is 14.4. The van der Waals surface area contributed by atoms with Crippen LogP contribution in [0, 0.1) is 0 Å². The lowest BCUT2D eigenvalue weighted by Gasteiger charge is -2.05. The zero-order valence-corrected chi connectivity index (χ0v) is 11.1. The van der Waals surface area contributed by atoms with Crippen molar-refractivity contribution in [2.24, 2.45) is 0 Å². The van der Waals surface area contributed by atoms with Gasteiger partial charge in [0.05, 0.1) is 6.20 Å². The third kappa shape index (κ3) is 4.29. The number of rotatable bonds is 6. The molecule has 0 radical (unpaired) electrons. The molecule has 2 heterocycles. The van der Waals surface area contributed by atoms with Gasteiger partial charge in [-0.2, -0.15) is 23.4 Å². The topological polar surface area (TPSA) is 47.7 Å². The number of nitrogens with zero attached hydrogens (tertiary/aromatic N) is 4. The van der Waals surface area contributed by atoms with Crippen LogP contribution in [0.4, 0.5) is 19.0 Å². The molecule has 0 aromatic carbocycles. The minimum atomic E-state index is -4.25. The number of hydrogen-bond acceptors (Lipinski definition) is 3.